The van der Waals surface area contributed by atoms with Gasteiger partial charge in [0.2, 0.25) is 0 Å². The first kappa shape index (κ1) is 0.819. The highest BCUT2D eigenvalue weighted by Crippen LogP contribution is 1.55. The summed E-state index contributed by atoms with van der Waals surface area (Å²) in [6.07, 6.45) is 0. The Balaban J connectivity index is 4.40. The molecule has 0 bridgehead atoms. The highest BCUT2D eigenvalue weighted by molar-refractivity contribution is 5.76. The number of ketones is 1. The number of hydrogen-bond donors (Lipinski definition) is 1. The number of Topliss-reactive ketones (excluding diaryl/α,β-unsaturated/α-hetero) is 1. The van der Waals surface area contributed by atoms with Crippen molar-refractivity contribution in [2.45, 2.75) is 6.85 Å². The second-order valence-electron chi connectivity index (χ2n) is 0.441. The Kier molecular flexibility index (Phi) is 0.312. The quantitative estimate of drug-likeness (QED) is 0.463. The Labute approximate surface area is 37.4 Å². The lowest BCUT2D eigenvalue weighted by Crippen LogP contribution is -1.93. The molecule has 0 saturated heterocycles. The smallest absolute Gasteiger partial charge is 0.155 e. The molecule has 0 aromatic rings. The van der Waals surface area contributed by atoms with Gasteiger partial charge < -0.3 is 5.11 Å². The van der Waals surface area contributed by atoms with Crippen LogP contribution in [0.4, 0.5) is 0 Å². The normalized spacial score (nSPS) is 27.8. The zero-order valence-electron chi connectivity index (χ0n) is 7.36. The van der Waals surface area contributed by atoms with Crippen molar-refractivity contribution in [3.63, 3.8) is 0 Å². The fourth-order valence-electron chi connectivity index (χ4n) is 0. The summed E-state index contributed by atoms with van der Waals surface area (Å²) in [5.74, 6) is -1.79. The van der Waals surface area contributed by atoms with Crippen LogP contribution in [0.5, 0.6) is 0 Å². The summed E-state index contributed by atoms with van der Waals surface area (Å²) in [4.78, 5) is 10.3. The maximum Gasteiger partial charge on any atom is 0.155 e. The fourth-order valence-corrected chi connectivity index (χ4v) is 0. The third-order valence-electron chi connectivity index (χ3n) is 0.102. The molecular weight excluding hydrogens is 68.0 g/mol. The van der Waals surface area contributed by atoms with Crippen molar-refractivity contribution in [3.05, 3.63) is 0 Å². The first-order valence-corrected chi connectivity index (χ1v) is 0.928. The van der Waals surface area contributed by atoms with Gasteiger partial charge in [-0.2, -0.15) is 0 Å². The maximum atomic E-state index is 10.3. The van der Waals surface area contributed by atoms with Gasteiger partial charge in [0.25, 0.3) is 0 Å². The van der Waals surface area contributed by atoms with E-state index in [0.717, 1.165) is 0 Å². The van der Waals surface area contributed by atoms with Crippen LogP contribution in [-0.2, 0) is 4.79 Å². The summed E-state index contributed by atoms with van der Waals surface area (Å²) in [6.45, 7) is -6.33. The number of carbonyl (C=O) groups is 1. The van der Waals surface area contributed by atoms with Gasteiger partial charge in [0.15, 0.2) is 5.78 Å². The van der Waals surface area contributed by atoms with Crippen LogP contribution in [0.1, 0.15) is 13.7 Å². The van der Waals surface area contributed by atoms with E-state index in [-0.39, 0.29) is 0 Å². The van der Waals surface area contributed by atoms with Crippen LogP contribution in [0.2, 0.25) is 0 Å². The molecule has 30 valence electrons. The van der Waals surface area contributed by atoms with Gasteiger partial charge in [-0.15, -0.1) is 0 Å². The number of rotatable bonds is 1. The summed E-state index contributed by atoms with van der Waals surface area (Å²) in [7, 11) is 0. The molecule has 0 aromatic carbocycles. The molecule has 5 heavy (non-hydrogen) atoms. The number of aliphatic hydroxyl groups is 1. The Morgan fingerprint density at radius 1 is 2.60 bits per heavy atom. The molecule has 2 nitrogen and oxygen atoms in total. The lowest BCUT2D eigenvalue weighted by Gasteiger charge is -1.72. The first-order valence-electron chi connectivity index (χ1n) is 3.43. The third kappa shape index (κ3) is 3.63. The van der Waals surface area contributed by atoms with Crippen LogP contribution in [-0.4, -0.2) is 17.4 Å². The molecule has 0 fully saturated rings. The maximum absolute atomic E-state index is 10.3. The monoisotopic (exact) mass is 79.1 g/mol. The molecule has 0 rings (SSSR count). The Morgan fingerprint density at radius 3 is 3.20 bits per heavy atom. The van der Waals surface area contributed by atoms with E-state index >= 15 is 0 Å². The van der Waals surface area contributed by atoms with Gasteiger partial charge in [-0.1, -0.05) is 0 Å². The van der Waals surface area contributed by atoms with Crippen LogP contribution in [0.15, 0.2) is 0 Å². The summed E-state index contributed by atoms with van der Waals surface area (Å²) in [6, 6.07) is 0. The minimum atomic E-state index is -3.26. The van der Waals surface area contributed by atoms with Crippen LogP contribution >= 0.6 is 0 Å². The second-order valence-corrected chi connectivity index (χ2v) is 0.441. The first-order chi connectivity index (χ1) is 4.15. The van der Waals surface area contributed by atoms with Crippen molar-refractivity contribution in [1.82, 2.24) is 0 Å². The molecule has 1 N–H and O–H groups in total. The lowest BCUT2D eigenvalue weighted by molar-refractivity contribution is -0.119. The van der Waals surface area contributed by atoms with Gasteiger partial charge in [0, 0.05) is 4.11 Å². The summed E-state index contributed by atoms with van der Waals surface area (Å²) in [5, 5.41) is 8.25. The molecule has 2 heteroatoms. The molecular formula is C3H6O2. The largest absolute Gasteiger partial charge is 0.389 e. The zero-order valence-corrected chi connectivity index (χ0v) is 2.36. The predicted octanol–water partition coefficient (Wildman–Crippen LogP) is -0.432. The third-order valence-corrected chi connectivity index (χ3v) is 0.102. The number of hydrogen-bond acceptors (Lipinski definition) is 2. The van der Waals surface area contributed by atoms with Gasteiger partial charge in [-0.3, -0.25) is 4.79 Å². The highest BCUT2D eigenvalue weighted by Gasteiger charge is 1.78. The molecule has 0 aliphatic rings. The average molecular weight is 79.1 g/mol. The fraction of sp³-hybridized carbons (Fsp3) is 0.667. The van der Waals surface area contributed by atoms with Crippen LogP contribution in [0.3, 0.4) is 0 Å². The molecule has 0 unspecified atom stereocenters. The van der Waals surface area contributed by atoms with E-state index in [1.165, 1.54) is 0 Å². The van der Waals surface area contributed by atoms with Crippen molar-refractivity contribution in [3.8, 4) is 0 Å². The van der Waals surface area contributed by atoms with Crippen molar-refractivity contribution in [2.75, 3.05) is 6.56 Å². The van der Waals surface area contributed by atoms with Gasteiger partial charge in [0.05, 0.1) is 2.74 Å². The molecule has 0 saturated carbocycles. The standard InChI is InChI=1S/C3H6O2/c1-3(5)2-4/h4H,2H2,1H3/i1D3,2D2. The molecule has 0 radical (unpaired) electrons. The van der Waals surface area contributed by atoms with Gasteiger partial charge in [0.1, 0.15) is 6.56 Å². The molecule has 0 atom stereocenters. The van der Waals surface area contributed by atoms with Gasteiger partial charge in [-0.05, 0) is 6.85 Å². The van der Waals surface area contributed by atoms with E-state index in [1.54, 1.807) is 0 Å². The van der Waals surface area contributed by atoms with Crippen molar-refractivity contribution >= 4 is 5.78 Å². The zero-order chi connectivity index (χ0) is 8.58. The van der Waals surface area contributed by atoms with Crippen molar-refractivity contribution < 1.29 is 16.8 Å². The summed E-state index contributed by atoms with van der Waals surface area (Å²) in [5.41, 5.74) is 0. The Morgan fingerprint density at radius 2 is 3.20 bits per heavy atom. The van der Waals surface area contributed by atoms with Crippen LogP contribution < -0.4 is 0 Å². The SMILES string of the molecule is [2H]C([2H])([2H])C(=O)C([2H])([2H])O. The van der Waals surface area contributed by atoms with E-state index in [2.05, 4.69) is 0 Å². The molecule has 0 amide bonds. The molecule has 0 spiro atoms. The topological polar surface area (TPSA) is 37.3 Å². The second kappa shape index (κ2) is 1.91. The van der Waals surface area contributed by atoms with Crippen molar-refractivity contribution in [1.29, 1.82) is 0 Å². The van der Waals surface area contributed by atoms with Crippen LogP contribution in [0.25, 0.3) is 0 Å². The van der Waals surface area contributed by atoms with E-state index in [1.807, 2.05) is 0 Å². The van der Waals surface area contributed by atoms with E-state index in [4.69, 9.17) is 12.0 Å². The van der Waals surface area contributed by atoms with Crippen molar-refractivity contribution in [2.24, 2.45) is 0 Å². The van der Waals surface area contributed by atoms with Gasteiger partial charge in [-0.25, -0.2) is 0 Å². The highest BCUT2D eigenvalue weighted by atomic mass is 16.3. The molecule has 0 aliphatic heterocycles. The van der Waals surface area contributed by atoms with E-state index in [9.17, 15) is 4.79 Å². The lowest BCUT2D eigenvalue weighted by atomic mass is 10.5. The van der Waals surface area contributed by atoms with Gasteiger partial charge >= 0.3 is 0 Å². The Hall–Kier alpha value is -0.370. The average Bonchev–Trinajstić information content (AvgIpc) is 1.59. The Bertz CT molecular complexity index is 126. The molecule has 0 aromatic heterocycles. The number of carbonyl (C=O) groups excluding carboxylic acids is 1. The summed E-state index contributed by atoms with van der Waals surface area (Å²) >= 11 is 0. The molecule has 0 aliphatic carbocycles. The van der Waals surface area contributed by atoms with E-state index in [0.29, 0.717) is 0 Å². The molecule has 0 heterocycles. The minimum Gasteiger partial charge on any atom is -0.389 e. The summed E-state index contributed by atoms with van der Waals surface area (Å²) < 4.78 is 31.7. The minimum absolute atomic E-state index is 1.79. The van der Waals surface area contributed by atoms with E-state index < -0.39 is 19.2 Å². The van der Waals surface area contributed by atoms with Crippen LogP contribution in [0, 0.1) is 0 Å². The predicted molar refractivity (Wildman–Crippen MR) is 17.8 cm³/mol.